The molecule has 1 unspecified atom stereocenters. The Morgan fingerprint density at radius 2 is 2.00 bits per heavy atom. The Morgan fingerprint density at radius 1 is 1.14 bits per heavy atom. The molecule has 0 radical (unpaired) electrons. The minimum Gasteiger partial charge on any atom is -0.370 e. The van der Waals surface area contributed by atoms with Crippen LogP contribution in [-0.4, -0.2) is 73.4 Å². The number of nitrogens with two attached hydrogens (primary N) is 1. The lowest BCUT2D eigenvalue weighted by atomic mass is 10.1. The topological polar surface area (TPSA) is 130 Å². The van der Waals surface area contributed by atoms with Crippen LogP contribution in [-0.2, 0) is 11.8 Å². The zero-order valence-corrected chi connectivity index (χ0v) is 25.5. The lowest BCUT2D eigenvalue weighted by molar-refractivity contribution is -0.117. The van der Waals surface area contributed by atoms with Crippen molar-refractivity contribution < 1.29 is 4.79 Å². The van der Waals surface area contributed by atoms with Crippen LogP contribution in [0.2, 0.25) is 0 Å². The van der Waals surface area contributed by atoms with Crippen LogP contribution >= 0.6 is 0 Å². The second kappa shape index (κ2) is 13.6. The van der Waals surface area contributed by atoms with E-state index in [4.69, 9.17) is 5.84 Å². The lowest BCUT2D eigenvalue weighted by Gasteiger charge is -2.40. The van der Waals surface area contributed by atoms with E-state index < -0.39 is 0 Å². The van der Waals surface area contributed by atoms with Crippen LogP contribution in [0.5, 0.6) is 0 Å². The molecule has 2 aliphatic heterocycles. The fourth-order valence-electron chi connectivity index (χ4n) is 5.86. The van der Waals surface area contributed by atoms with Crippen LogP contribution in [0.1, 0.15) is 50.9 Å². The molecular formula is C32H42N10O. The van der Waals surface area contributed by atoms with Crippen molar-refractivity contribution in [3.05, 3.63) is 77.9 Å². The number of piperazine rings is 1. The summed E-state index contributed by atoms with van der Waals surface area (Å²) in [5.74, 6) is 5.84. The Labute approximate surface area is 253 Å². The summed E-state index contributed by atoms with van der Waals surface area (Å²) < 4.78 is 1.76. The van der Waals surface area contributed by atoms with Gasteiger partial charge in [0.1, 0.15) is 5.71 Å². The van der Waals surface area contributed by atoms with E-state index in [0.29, 0.717) is 35.4 Å². The Hall–Kier alpha value is -4.51. The molecule has 0 aliphatic carbocycles. The monoisotopic (exact) mass is 582 g/mol. The average Bonchev–Trinajstić information content (AvgIpc) is 3.65. The van der Waals surface area contributed by atoms with Crippen molar-refractivity contribution in [2.75, 3.05) is 36.8 Å². The molecule has 1 atom stereocenters. The van der Waals surface area contributed by atoms with Gasteiger partial charge in [-0.1, -0.05) is 32.1 Å². The fraction of sp³-hybridized carbons (Fsp3) is 0.406. The summed E-state index contributed by atoms with van der Waals surface area (Å²) in [4.78, 5) is 27.1. The number of pyridine rings is 2. The van der Waals surface area contributed by atoms with Gasteiger partial charge >= 0.3 is 0 Å². The molecule has 43 heavy (non-hydrogen) atoms. The number of fused-ring (bicyclic) bond motifs is 1. The molecule has 2 aliphatic rings. The van der Waals surface area contributed by atoms with Gasteiger partial charge in [-0.3, -0.25) is 24.3 Å². The van der Waals surface area contributed by atoms with Gasteiger partial charge in [0.25, 0.3) is 0 Å². The summed E-state index contributed by atoms with van der Waals surface area (Å²) in [6.07, 6.45) is 15.7. The van der Waals surface area contributed by atoms with Gasteiger partial charge in [-0.05, 0) is 44.7 Å². The smallest absolute Gasteiger partial charge is 0.238 e. The third kappa shape index (κ3) is 7.11. The van der Waals surface area contributed by atoms with Crippen molar-refractivity contribution in [1.29, 1.82) is 0 Å². The molecule has 3 aromatic heterocycles. The minimum atomic E-state index is -0.0506. The molecule has 1 amide bonds. The molecule has 226 valence electrons. The molecule has 5 heterocycles. The Kier molecular flexibility index (Phi) is 9.51. The van der Waals surface area contributed by atoms with Crippen molar-refractivity contribution in [3.63, 3.8) is 0 Å². The van der Waals surface area contributed by atoms with Crippen molar-refractivity contribution in [2.45, 2.75) is 52.5 Å². The highest BCUT2D eigenvalue weighted by Crippen LogP contribution is 2.28. The van der Waals surface area contributed by atoms with Crippen molar-refractivity contribution >= 4 is 23.0 Å². The molecule has 0 bridgehead atoms. The quantitative estimate of drug-likeness (QED) is 0.184. The molecule has 0 spiro atoms. The summed E-state index contributed by atoms with van der Waals surface area (Å²) in [5, 5.41) is 14.8. The number of allylic oxidation sites excluding steroid dienone is 3. The molecule has 2 saturated heterocycles. The summed E-state index contributed by atoms with van der Waals surface area (Å²) >= 11 is 0. The standard InChI is InChI=1S/C32H42N10O/c1-5-8-26-19-41(20-27-10-7-13-42(26)27)21-31(43)37-25-14-30(22(3)34-17-25)38-29(9-6-2)32(39-33)28-12-11-23(15-35-28)24-16-36-40(4)18-24/h8-9,11-12,14-18,27,38H,5-7,10,13,19-21,33H2,1-4H3,(H,37,43)/b26-8-,29-9-,39-32+. The number of hydrogen-bond donors (Lipinski definition) is 3. The normalized spacial score (nSPS) is 18.7. The molecule has 0 aromatic carbocycles. The first-order chi connectivity index (χ1) is 20.9. The van der Waals surface area contributed by atoms with E-state index in [0.717, 1.165) is 55.0 Å². The van der Waals surface area contributed by atoms with Gasteiger partial charge in [0.05, 0.1) is 47.4 Å². The van der Waals surface area contributed by atoms with E-state index in [9.17, 15) is 4.79 Å². The third-order valence-corrected chi connectivity index (χ3v) is 7.88. The van der Waals surface area contributed by atoms with Crippen LogP contribution in [0, 0.1) is 6.92 Å². The maximum Gasteiger partial charge on any atom is 0.238 e. The van der Waals surface area contributed by atoms with E-state index in [1.54, 1.807) is 23.3 Å². The van der Waals surface area contributed by atoms with E-state index in [1.165, 1.54) is 18.5 Å². The first-order valence-corrected chi connectivity index (χ1v) is 15.0. The highest BCUT2D eigenvalue weighted by molar-refractivity contribution is 6.13. The van der Waals surface area contributed by atoms with Crippen molar-refractivity contribution in [3.8, 4) is 11.1 Å². The number of hydrogen-bond acceptors (Lipinski definition) is 9. The second-order valence-corrected chi connectivity index (χ2v) is 11.1. The first-order valence-electron chi connectivity index (χ1n) is 15.0. The maximum absolute atomic E-state index is 13.1. The Balaban J connectivity index is 1.27. The second-order valence-electron chi connectivity index (χ2n) is 11.1. The molecule has 2 fully saturated rings. The summed E-state index contributed by atoms with van der Waals surface area (Å²) in [6.45, 7) is 9.31. The van der Waals surface area contributed by atoms with Gasteiger partial charge in [0.15, 0.2) is 0 Å². The maximum atomic E-state index is 13.1. The van der Waals surface area contributed by atoms with Crippen molar-refractivity contribution in [1.82, 2.24) is 29.5 Å². The number of nitrogens with zero attached hydrogens (tertiary/aromatic N) is 7. The number of rotatable bonds is 10. The number of aromatic nitrogens is 4. The van der Waals surface area contributed by atoms with Crippen LogP contribution in [0.25, 0.3) is 11.1 Å². The molecular weight excluding hydrogens is 540 g/mol. The highest BCUT2D eigenvalue weighted by Gasteiger charge is 2.33. The molecule has 0 saturated carbocycles. The van der Waals surface area contributed by atoms with Crippen LogP contribution in [0.15, 0.2) is 71.6 Å². The highest BCUT2D eigenvalue weighted by atomic mass is 16.2. The van der Waals surface area contributed by atoms with Crippen molar-refractivity contribution in [2.24, 2.45) is 18.0 Å². The van der Waals surface area contributed by atoms with Gasteiger partial charge < -0.3 is 21.4 Å². The Bertz CT molecular complexity index is 1520. The zero-order valence-electron chi connectivity index (χ0n) is 25.5. The van der Waals surface area contributed by atoms with E-state index >= 15 is 0 Å². The molecule has 11 nitrogen and oxygen atoms in total. The van der Waals surface area contributed by atoms with Crippen LogP contribution in [0.4, 0.5) is 11.4 Å². The van der Waals surface area contributed by atoms with Crippen LogP contribution < -0.4 is 16.5 Å². The predicted molar refractivity (Wildman–Crippen MR) is 171 cm³/mol. The third-order valence-electron chi connectivity index (χ3n) is 7.88. The summed E-state index contributed by atoms with van der Waals surface area (Å²) in [7, 11) is 1.88. The van der Waals surface area contributed by atoms with Gasteiger partial charge in [0, 0.05) is 61.9 Å². The molecule has 5 rings (SSSR count). The summed E-state index contributed by atoms with van der Waals surface area (Å²) in [5.41, 5.74) is 7.31. The number of hydrazone groups is 1. The number of carbonyl (C=O) groups is 1. The lowest BCUT2D eigenvalue weighted by Crippen LogP contribution is -2.50. The van der Waals surface area contributed by atoms with E-state index in [2.05, 4.69) is 53.6 Å². The molecule has 11 heteroatoms. The number of amides is 1. The number of carbonyl (C=O) groups excluding carboxylic acids is 1. The van der Waals surface area contributed by atoms with Gasteiger partial charge in [-0.25, -0.2) is 0 Å². The van der Waals surface area contributed by atoms with Gasteiger partial charge in [0.2, 0.25) is 5.91 Å². The molecule has 4 N–H and O–H groups in total. The first kappa shape index (κ1) is 30.0. The summed E-state index contributed by atoms with van der Waals surface area (Å²) in [6, 6.07) is 6.27. The van der Waals surface area contributed by atoms with Gasteiger partial charge in [-0.2, -0.15) is 10.2 Å². The Morgan fingerprint density at radius 3 is 2.70 bits per heavy atom. The number of anilines is 2. The zero-order chi connectivity index (χ0) is 30.3. The number of nitrogens with one attached hydrogen (secondary N) is 2. The van der Waals surface area contributed by atoms with E-state index in [-0.39, 0.29) is 5.91 Å². The van der Waals surface area contributed by atoms with E-state index in [1.807, 2.05) is 51.4 Å². The minimum absolute atomic E-state index is 0.0506. The van der Waals surface area contributed by atoms with Gasteiger partial charge in [-0.15, -0.1) is 0 Å². The fourth-order valence-corrected chi connectivity index (χ4v) is 5.86. The van der Waals surface area contributed by atoms with Crippen LogP contribution in [0.3, 0.4) is 0 Å². The number of aryl methyl sites for hydroxylation is 2. The predicted octanol–water partition coefficient (Wildman–Crippen LogP) is 4.27. The largest absolute Gasteiger partial charge is 0.370 e. The average molecular weight is 583 g/mol. The SMILES string of the molecule is CC/C=C(Nc1cc(NC(=O)CN2C/C(=C/CC)N3CCCC3C2)cnc1C)/C(=N/N)c1ccc(-c2cnn(C)c2)cn1. The molecule has 3 aromatic rings.